The highest BCUT2D eigenvalue weighted by molar-refractivity contribution is 5.79. The monoisotopic (exact) mass is 238 g/mol. The molecule has 1 saturated carbocycles. The Balaban J connectivity index is 1.89. The molecule has 1 atom stereocenters. The van der Waals surface area contributed by atoms with E-state index in [0.29, 0.717) is 11.9 Å². The normalized spacial score (nSPS) is 28.0. The van der Waals surface area contributed by atoms with Crippen LogP contribution in [0.2, 0.25) is 0 Å². The number of nitrogens with zero attached hydrogens (tertiary/aromatic N) is 2. The lowest BCUT2D eigenvalue weighted by Crippen LogP contribution is -2.46. The number of rotatable bonds is 2. The molecular formula is C14H26N2O. The maximum Gasteiger partial charge on any atom is 0.226 e. The van der Waals surface area contributed by atoms with Gasteiger partial charge in [0.05, 0.1) is 5.92 Å². The van der Waals surface area contributed by atoms with Crippen molar-refractivity contribution in [1.82, 2.24) is 9.80 Å². The number of amides is 1. The second-order valence-corrected chi connectivity index (χ2v) is 5.84. The van der Waals surface area contributed by atoms with Gasteiger partial charge in [-0.15, -0.1) is 0 Å². The zero-order valence-corrected chi connectivity index (χ0v) is 11.3. The standard InChI is InChI=1S/C14H26N2O/c1-15-10-6-7-12(11-15)14(17)16(2)13-8-4-3-5-9-13/h12-13H,3-11H2,1-2H3/t12-/m0/s1. The van der Waals surface area contributed by atoms with Gasteiger partial charge in [0.1, 0.15) is 0 Å². The lowest BCUT2D eigenvalue weighted by molar-refractivity contribution is -0.138. The average molecular weight is 238 g/mol. The van der Waals surface area contributed by atoms with Crippen molar-refractivity contribution in [2.45, 2.75) is 51.0 Å². The summed E-state index contributed by atoms with van der Waals surface area (Å²) in [5.41, 5.74) is 0. The number of carbonyl (C=O) groups is 1. The Kier molecular flexibility index (Phi) is 4.43. The Bertz CT molecular complexity index is 261. The van der Waals surface area contributed by atoms with Gasteiger partial charge in [0, 0.05) is 19.6 Å². The van der Waals surface area contributed by atoms with E-state index in [9.17, 15) is 4.79 Å². The summed E-state index contributed by atoms with van der Waals surface area (Å²) in [7, 11) is 4.15. The van der Waals surface area contributed by atoms with Crippen LogP contribution in [0.5, 0.6) is 0 Å². The van der Waals surface area contributed by atoms with Gasteiger partial charge < -0.3 is 9.80 Å². The first-order valence-corrected chi connectivity index (χ1v) is 7.13. The molecular weight excluding hydrogens is 212 g/mol. The highest BCUT2D eigenvalue weighted by atomic mass is 16.2. The van der Waals surface area contributed by atoms with Crippen LogP contribution in [0.4, 0.5) is 0 Å². The molecule has 0 N–H and O–H groups in total. The zero-order chi connectivity index (χ0) is 12.3. The van der Waals surface area contributed by atoms with E-state index in [2.05, 4.69) is 16.8 Å². The lowest BCUT2D eigenvalue weighted by atomic mass is 9.92. The molecule has 1 aliphatic heterocycles. The third-order valence-corrected chi connectivity index (χ3v) is 4.44. The van der Waals surface area contributed by atoms with E-state index in [4.69, 9.17) is 0 Å². The number of likely N-dealkylation sites (tertiary alicyclic amines) is 1. The lowest BCUT2D eigenvalue weighted by Gasteiger charge is -2.36. The summed E-state index contributed by atoms with van der Waals surface area (Å²) in [6.07, 6.45) is 8.63. The minimum atomic E-state index is 0.251. The Morgan fingerprint density at radius 2 is 1.82 bits per heavy atom. The largest absolute Gasteiger partial charge is 0.342 e. The molecule has 3 heteroatoms. The molecule has 17 heavy (non-hydrogen) atoms. The molecule has 2 fully saturated rings. The maximum atomic E-state index is 12.4. The van der Waals surface area contributed by atoms with E-state index in [1.165, 1.54) is 38.5 Å². The smallest absolute Gasteiger partial charge is 0.226 e. The first kappa shape index (κ1) is 12.9. The fraction of sp³-hybridized carbons (Fsp3) is 0.929. The van der Waals surface area contributed by atoms with Crippen LogP contribution in [0.1, 0.15) is 44.9 Å². The van der Waals surface area contributed by atoms with E-state index < -0.39 is 0 Å². The Hall–Kier alpha value is -0.570. The first-order valence-electron chi connectivity index (χ1n) is 7.13. The molecule has 0 unspecified atom stereocenters. The Morgan fingerprint density at radius 1 is 1.12 bits per heavy atom. The molecule has 2 aliphatic rings. The fourth-order valence-electron chi connectivity index (χ4n) is 3.30. The van der Waals surface area contributed by atoms with Crippen LogP contribution in [0, 0.1) is 5.92 Å². The summed E-state index contributed by atoms with van der Waals surface area (Å²) < 4.78 is 0. The first-order chi connectivity index (χ1) is 8.18. The molecule has 1 amide bonds. The van der Waals surface area contributed by atoms with Crippen LogP contribution in [0.25, 0.3) is 0 Å². The number of piperidine rings is 1. The van der Waals surface area contributed by atoms with Gasteiger partial charge in [0.25, 0.3) is 0 Å². The van der Waals surface area contributed by atoms with Crippen molar-refractivity contribution in [1.29, 1.82) is 0 Å². The van der Waals surface area contributed by atoms with E-state index in [-0.39, 0.29) is 5.92 Å². The molecule has 2 rings (SSSR count). The van der Waals surface area contributed by atoms with Gasteiger partial charge in [-0.1, -0.05) is 19.3 Å². The molecule has 0 aromatic carbocycles. The quantitative estimate of drug-likeness (QED) is 0.735. The second kappa shape index (κ2) is 5.85. The van der Waals surface area contributed by atoms with Crippen molar-refractivity contribution in [2.75, 3.05) is 27.2 Å². The van der Waals surface area contributed by atoms with Crippen molar-refractivity contribution in [3.63, 3.8) is 0 Å². The third kappa shape index (κ3) is 3.21. The van der Waals surface area contributed by atoms with Crippen LogP contribution >= 0.6 is 0 Å². The Morgan fingerprint density at radius 3 is 2.47 bits per heavy atom. The highest BCUT2D eigenvalue weighted by Gasteiger charge is 2.30. The summed E-state index contributed by atoms with van der Waals surface area (Å²) in [6, 6.07) is 0.517. The van der Waals surface area contributed by atoms with Crippen molar-refractivity contribution >= 4 is 5.91 Å². The minimum absolute atomic E-state index is 0.251. The number of carbonyl (C=O) groups excluding carboxylic acids is 1. The van der Waals surface area contributed by atoms with Crippen LogP contribution in [0.15, 0.2) is 0 Å². The highest BCUT2D eigenvalue weighted by Crippen LogP contribution is 2.25. The summed E-state index contributed by atoms with van der Waals surface area (Å²) in [4.78, 5) is 16.8. The van der Waals surface area contributed by atoms with Crippen molar-refractivity contribution < 1.29 is 4.79 Å². The van der Waals surface area contributed by atoms with E-state index >= 15 is 0 Å². The van der Waals surface area contributed by atoms with Gasteiger partial charge in [-0.2, -0.15) is 0 Å². The summed E-state index contributed by atoms with van der Waals surface area (Å²) in [5.74, 6) is 0.643. The fourth-order valence-corrected chi connectivity index (χ4v) is 3.30. The van der Waals surface area contributed by atoms with Crippen LogP contribution < -0.4 is 0 Å². The van der Waals surface area contributed by atoms with Gasteiger partial charge in [0.15, 0.2) is 0 Å². The topological polar surface area (TPSA) is 23.6 Å². The molecule has 0 radical (unpaired) electrons. The van der Waals surface area contributed by atoms with Crippen LogP contribution in [0.3, 0.4) is 0 Å². The zero-order valence-electron chi connectivity index (χ0n) is 11.3. The Labute approximate surface area is 105 Å². The molecule has 98 valence electrons. The molecule has 1 aliphatic carbocycles. The van der Waals surface area contributed by atoms with Crippen LogP contribution in [-0.4, -0.2) is 48.9 Å². The predicted octanol–water partition coefficient (Wildman–Crippen LogP) is 2.12. The van der Waals surface area contributed by atoms with Gasteiger partial charge in [-0.3, -0.25) is 4.79 Å². The molecule has 1 heterocycles. The molecule has 0 aromatic heterocycles. The minimum Gasteiger partial charge on any atom is -0.342 e. The summed E-state index contributed by atoms with van der Waals surface area (Å²) >= 11 is 0. The van der Waals surface area contributed by atoms with E-state index in [1.54, 1.807) is 0 Å². The van der Waals surface area contributed by atoms with Gasteiger partial charge in [-0.25, -0.2) is 0 Å². The SMILES string of the molecule is CN1CCC[C@H](C(=O)N(C)C2CCCCC2)C1. The number of hydrogen-bond acceptors (Lipinski definition) is 2. The summed E-state index contributed by atoms with van der Waals surface area (Å²) in [6.45, 7) is 2.10. The molecule has 0 spiro atoms. The second-order valence-electron chi connectivity index (χ2n) is 5.84. The van der Waals surface area contributed by atoms with Gasteiger partial charge >= 0.3 is 0 Å². The van der Waals surface area contributed by atoms with E-state index in [1.807, 2.05) is 7.05 Å². The van der Waals surface area contributed by atoms with Gasteiger partial charge in [-0.05, 0) is 39.3 Å². The average Bonchev–Trinajstić information content (AvgIpc) is 2.38. The van der Waals surface area contributed by atoms with Crippen molar-refractivity contribution in [2.24, 2.45) is 5.92 Å². The third-order valence-electron chi connectivity index (χ3n) is 4.44. The van der Waals surface area contributed by atoms with E-state index in [0.717, 1.165) is 19.5 Å². The van der Waals surface area contributed by atoms with Crippen LogP contribution in [-0.2, 0) is 4.79 Å². The maximum absolute atomic E-state index is 12.4. The number of hydrogen-bond donors (Lipinski definition) is 0. The van der Waals surface area contributed by atoms with Crippen molar-refractivity contribution in [3.05, 3.63) is 0 Å². The van der Waals surface area contributed by atoms with Gasteiger partial charge in [0.2, 0.25) is 5.91 Å². The molecule has 3 nitrogen and oxygen atoms in total. The molecule has 0 aromatic rings. The van der Waals surface area contributed by atoms with Crippen molar-refractivity contribution in [3.8, 4) is 0 Å². The molecule has 0 bridgehead atoms. The molecule has 1 saturated heterocycles. The predicted molar refractivity (Wildman–Crippen MR) is 69.9 cm³/mol. The summed E-state index contributed by atoms with van der Waals surface area (Å²) in [5, 5.41) is 0.